The Labute approximate surface area is 122 Å². The molecular formula is C17H26N2O. The SMILES string of the molecule is Cc1ccc(CN(C)C(=O)CC2(CN)CCC2)c(C)c1. The van der Waals surface area contributed by atoms with Crippen molar-refractivity contribution in [1.82, 2.24) is 4.90 Å². The monoisotopic (exact) mass is 274 g/mol. The quantitative estimate of drug-likeness (QED) is 0.897. The van der Waals surface area contributed by atoms with E-state index >= 15 is 0 Å². The number of rotatable bonds is 5. The van der Waals surface area contributed by atoms with Crippen LogP contribution in [0, 0.1) is 19.3 Å². The fourth-order valence-corrected chi connectivity index (χ4v) is 2.95. The molecule has 3 heteroatoms. The Morgan fingerprint density at radius 3 is 2.55 bits per heavy atom. The van der Waals surface area contributed by atoms with Crippen LogP contribution in [0.1, 0.15) is 42.4 Å². The number of benzene rings is 1. The molecule has 3 nitrogen and oxygen atoms in total. The molecule has 0 heterocycles. The molecule has 1 aliphatic rings. The van der Waals surface area contributed by atoms with Crippen molar-refractivity contribution in [2.24, 2.45) is 11.1 Å². The molecule has 0 radical (unpaired) electrons. The van der Waals surface area contributed by atoms with Gasteiger partial charge < -0.3 is 10.6 Å². The average molecular weight is 274 g/mol. The van der Waals surface area contributed by atoms with Gasteiger partial charge in [0.25, 0.3) is 0 Å². The van der Waals surface area contributed by atoms with Crippen molar-refractivity contribution in [2.75, 3.05) is 13.6 Å². The van der Waals surface area contributed by atoms with Gasteiger partial charge in [0.1, 0.15) is 0 Å². The first-order valence-electron chi connectivity index (χ1n) is 7.46. The number of hydrogen-bond donors (Lipinski definition) is 1. The molecule has 0 bridgehead atoms. The van der Waals surface area contributed by atoms with E-state index in [9.17, 15) is 4.79 Å². The van der Waals surface area contributed by atoms with Crippen LogP contribution in [-0.2, 0) is 11.3 Å². The average Bonchev–Trinajstić information content (AvgIpc) is 2.36. The molecule has 0 atom stereocenters. The van der Waals surface area contributed by atoms with Crippen LogP contribution in [0.15, 0.2) is 18.2 Å². The van der Waals surface area contributed by atoms with Crippen molar-refractivity contribution >= 4 is 5.91 Å². The second-order valence-electron chi connectivity index (χ2n) is 6.41. The summed E-state index contributed by atoms with van der Waals surface area (Å²) in [5.74, 6) is 0.218. The fraction of sp³-hybridized carbons (Fsp3) is 0.588. The lowest BCUT2D eigenvalue weighted by molar-refractivity contribution is -0.134. The summed E-state index contributed by atoms with van der Waals surface area (Å²) in [6.07, 6.45) is 4.02. The van der Waals surface area contributed by atoms with Gasteiger partial charge in [-0.2, -0.15) is 0 Å². The van der Waals surface area contributed by atoms with Crippen molar-refractivity contribution in [3.63, 3.8) is 0 Å². The summed E-state index contributed by atoms with van der Waals surface area (Å²) < 4.78 is 0. The molecule has 0 saturated heterocycles. The molecule has 1 fully saturated rings. The summed E-state index contributed by atoms with van der Waals surface area (Å²) >= 11 is 0. The van der Waals surface area contributed by atoms with Crippen molar-refractivity contribution in [2.45, 2.75) is 46.1 Å². The molecular weight excluding hydrogens is 248 g/mol. The van der Waals surface area contributed by atoms with Gasteiger partial charge in [-0.05, 0) is 49.8 Å². The zero-order valence-corrected chi connectivity index (χ0v) is 12.9. The highest BCUT2D eigenvalue weighted by molar-refractivity contribution is 5.76. The molecule has 110 valence electrons. The van der Waals surface area contributed by atoms with E-state index in [2.05, 4.69) is 32.0 Å². The van der Waals surface area contributed by atoms with Gasteiger partial charge in [0.2, 0.25) is 5.91 Å². The van der Waals surface area contributed by atoms with E-state index < -0.39 is 0 Å². The highest BCUT2D eigenvalue weighted by atomic mass is 16.2. The number of carbonyl (C=O) groups excluding carboxylic acids is 1. The van der Waals surface area contributed by atoms with Crippen LogP contribution < -0.4 is 5.73 Å². The normalized spacial score (nSPS) is 16.6. The molecule has 1 saturated carbocycles. The number of nitrogens with two attached hydrogens (primary N) is 1. The summed E-state index contributed by atoms with van der Waals surface area (Å²) in [4.78, 5) is 14.2. The van der Waals surface area contributed by atoms with Crippen LogP contribution in [0.3, 0.4) is 0 Å². The van der Waals surface area contributed by atoms with Crippen LogP contribution in [0.4, 0.5) is 0 Å². The predicted molar refractivity (Wildman–Crippen MR) is 82.3 cm³/mol. The third-order valence-corrected chi connectivity index (χ3v) is 4.70. The smallest absolute Gasteiger partial charge is 0.223 e. The lowest BCUT2D eigenvalue weighted by Crippen LogP contribution is -2.42. The van der Waals surface area contributed by atoms with Gasteiger partial charge in [0.05, 0.1) is 0 Å². The Kier molecular flexibility index (Phi) is 4.48. The van der Waals surface area contributed by atoms with Gasteiger partial charge in [-0.3, -0.25) is 4.79 Å². The van der Waals surface area contributed by atoms with Crippen molar-refractivity contribution in [1.29, 1.82) is 0 Å². The minimum atomic E-state index is 0.0909. The molecule has 1 amide bonds. The number of amides is 1. The summed E-state index contributed by atoms with van der Waals surface area (Å²) in [6, 6.07) is 6.39. The first-order valence-corrected chi connectivity index (χ1v) is 7.46. The van der Waals surface area contributed by atoms with Crippen LogP contribution in [-0.4, -0.2) is 24.4 Å². The molecule has 1 aromatic rings. The minimum Gasteiger partial charge on any atom is -0.341 e. The fourth-order valence-electron chi connectivity index (χ4n) is 2.95. The van der Waals surface area contributed by atoms with Crippen LogP contribution in [0.25, 0.3) is 0 Å². The third kappa shape index (κ3) is 3.21. The maximum atomic E-state index is 12.4. The van der Waals surface area contributed by atoms with Gasteiger partial charge in [-0.25, -0.2) is 0 Å². The Morgan fingerprint density at radius 1 is 1.35 bits per heavy atom. The molecule has 1 aliphatic carbocycles. The van der Waals surface area contributed by atoms with E-state index in [0.29, 0.717) is 19.5 Å². The van der Waals surface area contributed by atoms with Crippen molar-refractivity contribution in [3.05, 3.63) is 34.9 Å². The second-order valence-corrected chi connectivity index (χ2v) is 6.41. The summed E-state index contributed by atoms with van der Waals surface area (Å²) in [7, 11) is 1.89. The molecule has 0 aliphatic heterocycles. The molecule has 1 aromatic carbocycles. The van der Waals surface area contributed by atoms with Gasteiger partial charge in [-0.1, -0.05) is 30.2 Å². The van der Waals surface area contributed by atoms with Crippen molar-refractivity contribution in [3.8, 4) is 0 Å². The minimum absolute atomic E-state index is 0.0909. The van der Waals surface area contributed by atoms with Crippen LogP contribution >= 0.6 is 0 Å². The maximum Gasteiger partial charge on any atom is 0.223 e. The Morgan fingerprint density at radius 2 is 2.05 bits per heavy atom. The zero-order valence-electron chi connectivity index (χ0n) is 12.9. The first-order chi connectivity index (χ1) is 9.46. The van der Waals surface area contributed by atoms with E-state index in [-0.39, 0.29) is 11.3 Å². The molecule has 0 aromatic heterocycles. The zero-order chi connectivity index (χ0) is 14.8. The van der Waals surface area contributed by atoms with Gasteiger partial charge in [0, 0.05) is 20.0 Å². The highest BCUT2D eigenvalue weighted by Gasteiger charge is 2.38. The molecule has 2 rings (SSSR count). The highest BCUT2D eigenvalue weighted by Crippen LogP contribution is 2.43. The van der Waals surface area contributed by atoms with E-state index in [0.717, 1.165) is 12.8 Å². The summed E-state index contributed by atoms with van der Waals surface area (Å²) in [5, 5.41) is 0. The van der Waals surface area contributed by atoms with E-state index in [1.54, 1.807) is 0 Å². The maximum absolute atomic E-state index is 12.4. The number of nitrogens with zero attached hydrogens (tertiary/aromatic N) is 1. The lowest BCUT2D eigenvalue weighted by atomic mass is 9.66. The van der Waals surface area contributed by atoms with Crippen LogP contribution in [0.2, 0.25) is 0 Å². The Hall–Kier alpha value is -1.35. The van der Waals surface area contributed by atoms with Gasteiger partial charge >= 0.3 is 0 Å². The predicted octanol–water partition coefficient (Wildman–Crippen LogP) is 2.78. The Balaban J connectivity index is 1.97. The molecule has 0 spiro atoms. The molecule has 2 N–H and O–H groups in total. The standard InChI is InChI=1S/C17H26N2O/c1-13-5-6-15(14(2)9-13)11-19(3)16(20)10-17(12-18)7-4-8-17/h5-6,9H,4,7-8,10-12,18H2,1-3H3. The topological polar surface area (TPSA) is 46.3 Å². The lowest BCUT2D eigenvalue weighted by Gasteiger charge is -2.41. The third-order valence-electron chi connectivity index (χ3n) is 4.70. The summed E-state index contributed by atoms with van der Waals surface area (Å²) in [6.45, 7) is 5.52. The number of aryl methyl sites for hydroxylation is 2. The molecule has 20 heavy (non-hydrogen) atoms. The number of hydrogen-bond acceptors (Lipinski definition) is 2. The van der Waals surface area contributed by atoms with Gasteiger partial charge in [-0.15, -0.1) is 0 Å². The largest absolute Gasteiger partial charge is 0.341 e. The van der Waals surface area contributed by atoms with E-state index in [1.165, 1.54) is 23.1 Å². The number of carbonyl (C=O) groups is 1. The second kappa shape index (κ2) is 5.96. The molecule has 0 unspecified atom stereocenters. The Bertz CT molecular complexity index is 486. The van der Waals surface area contributed by atoms with Crippen LogP contribution in [0.5, 0.6) is 0 Å². The summed E-state index contributed by atoms with van der Waals surface area (Å²) in [5.41, 5.74) is 9.67. The van der Waals surface area contributed by atoms with Crippen molar-refractivity contribution < 1.29 is 4.79 Å². The van der Waals surface area contributed by atoms with Gasteiger partial charge in [0.15, 0.2) is 0 Å². The van der Waals surface area contributed by atoms with E-state index in [1.807, 2.05) is 11.9 Å². The van der Waals surface area contributed by atoms with E-state index in [4.69, 9.17) is 5.73 Å². The first kappa shape index (κ1) is 15.0.